The summed E-state index contributed by atoms with van der Waals surface area (Å²) in [6.07, 6.45) is 5.55. The summed E-state index contributed by atoms with van der Waals surface area (Å²) in [5.74, 6) is 3.09. The SMILES string of the molecule is N#Cc1ccc(C(=O)NC2C3C4CCC(C4)C23)nc1. The molecule has 0 aliphatic heterocycles. The van der Waals surface area contributed by atoms with Crippen molar-refractivity contribution in [1.29, 1.82) is 5.26 Å². The van der Waals surface area contributed by atoms with Crippen molar-refractivity contribution in [3.8, 4) is 6.07 Å². The molecule has 0 spiro atoms. The quantitative estimate of drug-likeness (QED) is 0.872. The first-order valence-electron chi connectivity index (χ1n) is 6.95. The van der Waals surface area contributed by atoms with Gasteiger partial charge < -0.3 is 5.32 Å². The lowest BCUT2D eigenvalue weighted by atomic mass is 10.0. The molecule has 1 aromatic heterocycles. The molecule has 4 heteroatoms. The highest BCUT2D eigenvalue weighted by molar-refractivity contribution is 5.92. The van der Waals surface area contributed by atoms with Gasteiger partial charge in [-0.25, -0.2) is 4.98 Å². The lowest BCUT2D eigenvalue weighted by Crippen LogP contribution is -2.30. The number of hydrogen-bond acceptors (Lipinski definition) is 3. The molecule has 1 amide bonds. The first-order valence-corrected chi connectivity index (χ1v) is 6.95. The third-order valence-corrected chi connectivity index (χ3v) is 5.16. The van der Waals surface area contributed by atoms with Crippen LogP contribution < -0.4 is 5.32 Å². The Morgan fingerprint density at radius 1 is 1.32 bits per heavy atom. The van der Waals surface area contributed by atoms with Crippen LogP contribution in [0.1, 0.15) is 35.3 Å². The van der Waals surface area contributed by atoms with Crippen LogP contribution in [0.25, 0.3) is 0 Å². The number of fused-ring (bicyclic) bond motifs is 5. The van der Waals surface area contributed by atoms with Crippen LogP contribution in [0, 0.1) is 35.0 Å². The van der Waals surface area contributed by atoms with Gasteiger partial charge in [0.25, 0.3) is 5.91 Å². The molecule has 4 unspecified atom stereocenters. The van der Waals surface area contributed by atoms with Gasteiger partial charge in [-0.2, -0.15) is 5.26 Å². The van der Waals surface area contributed by atoms with Gasteiger partial charge in [-0.3, -0.25) is 4.79 Å². The van der Waals surface area contributed by atoms with Crippen LogP contribution in [0.15, 0.2) is 18.3 Å². The third kappa shape index (κ3) is 1.58. The molecule has 2 bridgehead atoms. The maximum Gasteiger partial charge on any atom is 0.270 e. The molecule has 1 aromatic rings. The molecular formula is C15H15N3O. The van der Waals surface area contributed by atoms with E-state index in [9.17, 15) is 4.79 Å². The van der Waals surface area contributed by atoms with E-state index in [4.69, 9.17) is 5.26 Å². The number of amides is 1. The Morgan fingerprint density at radius 3 is 2.63 bits per heavy atom. The largest absolute Gasteiger partial charge is 0.347 e. The molecular weight excluding hydrogens is 238 g/mol. The van der Waals surface area contributed by atoms with E-state index in [0.29, 0.717) is 17.3 Å². The zero-order chi connectivity index (χ0) is 13.0. The van der Waals surface area contributed by atoms with Crippen LogP contribution in [0.2, 0.25) is 0 Å². The van der Waals surface area contributed by atoms with Crippen molar-refractivity contribution in [3.63, 3.8) is 0 Å². The topological polar surface area (TPSA) is 65.8 Å². The maximum absolute atomic E-state index is 12.1. The van der Waals surface area contributed by atoms with Crippen LogP contribution in [-0.2, 0) is 0 Å². The zero-order valence-electron chi connectivity index (χ0n) is 10.5. The highest BCUT2D eigenvalue weighted by Crippen LogP contribution is 2.65. The number of hydrogen-bond donors (Lipinski definition) is 1. The van der Waals surface area contributed by atoms with Crippen molar-refractivity contribution in [3.05, 3.63) is 29.6 Å². The van der Waals surface area contributed by atoms with E-state index in [1.54, 1.807) is 12.1 Å². The number of aromatic nitrogens is 1. The van der Waals surface area contributed by atoms with E-state index in [1.807, 2.05) is 6.07 Å². The first kappa shape index (κ1) is 11.0. The van der Waals surface area contributed by atoms with Gasteiger partial charge in [0, 0.05) is 12.2 Å². The highest BCUT2D eigenvalue weighted by atomic mass is 16.2. The van der Waals surface area contributed by atoms with E-state index in [2.05, 4.69) is 10.3 Å². The van der Waals surface area contributed by atoms with Gasteiger partial charge in [0.15, 0.2) is 0 Å². The molecule has 0 radical (unpaired) electrons. The van der Waals surface area contributed by atoms with Crippen LogP contribution in [0.3, 0.4) is 0 Å². The lowest BCUT2D eigenvalue weighted by Gasteiger charge is -2.10. The van der Waals surface area contributed by atoms with Gasteiger partial charge in [-0.05, 0) is 55.1 Å². The molecule has 4 atom stereocenters. The van der Waals surface area contributed by atoms with E-state index >= 15 is 0 Å². The molecule has 0 saturated heterocycles. The molecule has 1 N–H and O–H groups in total. The van der Waals surface area contributed by atoms with E-state index < -0.39 is 0 Å². The Labute approximate surface area is 111 Å². The number of rotatable bonds is 2. The molecule has 3 aliphatic rings. The summed E-state index contributed by atoms with van der Waals surface area (Å²) in [5, 5.41) is 11.8. The van der Waals surface area contributed by atoms with Crippen LogP contribution >= 0.6 is 0 Å². The van der Waals surface area contributed by atoms with Gasteiger partial charge in [-0.1, -0.05) is 0 Å². The van der Waals surface area contributed by atoms with Crippen LogP contribution in [0.5, 0.6) is 0 Å². The molecule has 1 heterocycles. The van der Waals surface area contributed by atoms with Gasteiger partial charge >= 0.3 is 0 Å². The van der Waals surface area contributed by atoms with Gasteiger partial charge in [-0.15, -0.1) is 0 Å². The predicted molar refractivity (Wildman–Crippen MR) is 68.0 cm³/mol. The number of pyridine rings is 1. The summed E-state index contributed by atoms with van der Waals surface area (Å²) in [7, 11) is 0. The highest BCUT2D eigenvalue weighted by Gasteiger charge is 2.65. The van der Waals surface area contributed by atoms with Crippen molar-refractivity contribution in [1.82, 2.24) is 10.3 Å². The number of carbonyl (C=O) groups is 1. The summed E-state index contributed by atoms with van der Waals surface area (Å²) in [4.78, 5) is 16.1. The molecule has 3 fully saturated rings. The summed E-state index contributed by atoms with van der Waals surface area (Å²) in [5.41, 5.74) is 0.897. The molecule has 4 nitrogen and oxygen atoms in total. The molecule has 0 aromatic carbocycles. The van der Waals surface area contributed by atoms with Gasteiger partial charge in [0.2, 0.25) is 0 Å². The number of nitriles is 1. The average molecular weight is 253 g/mol. The molecule has 96 valence electrons. The Hall–Kier alpha value is -1.89. The fourth-order valence-electron chi connectivity index (χ4n) is 4.34. The second-order valence-electron chi connectivity index (χ2n) is 6.03. The standard InChI is InChI=1S/C15H15N3O/c16-6-8-1-4-11(17-7-8)15(19)18-14-12-9-2-3-10(5-9)13(12)14/h1,4,7,9-10,12-14H,2-3,5H2,(H,18,19). The summed E-state index contributed by atoms with van der Waals surface area (Å²) in [6.45, 7) is 0. The van der Waals surface area contributed by atoms with Gasteiger partial charge in [0.1, 0.15) is 11.8 Å². The van der Waals surface area contributed by atoms with Crippen molar-refractivity contribution >= 4 is 5.91 Å². The Morgan fingerprint density at radius 2 is 2.05 bits per heavy atom. The summed E-state index contributed by atoms with van der Waals surface area (Å²) >= 11 is 0. The fourth-order valence-corrected chi connectivity index (χ4v) is 4.34. The first-order chi connectivity index (χ1) is 9.28. The van der Waals surface area contributed by atoms with Crippen LogP contribution in [0.4, 0.5) is 0 Å². The van der Waals surface area contributed by atoms with Crippen molar-refractivity contribution in [2.45, 2.75) is 25.3 Å². The molecule has 19 heavy (non-hydrogen) atoms. The fraction of sp³-hybridized carbons (Fsp3) is 0.533. The third-order valence-electron chi connectivity index (χ3n) is 5.16. The minimum atomic E-state index is -0.0942. The number of nitrogens with one attached hydrogen (secondary N) is 1. The van der Waals surface area contributed by atoms with Crippen molar-refractivity contribution in [2.24, 2.45) is 23.7 Å². The molecule has 4 rings (SSSR count). The smallest absolute Gasteiger partial charge is 0.270 e. The maximum atomic E-state index is 12.1. The average Bonchev–Trinajstić information content (AvgIpc) is 2.85. The Kier molecular flexibility index (Phi) is 2.20. The minimum absolute atomic E-state index is 0.0942. The molecule has 3 saturated carbocycles. The lowest BCUT2D eigenvalue weighted by molar-refractivity contribution is 0.0939. The summed E-state index contributed by atoms with van der Waals surface area (Å²) < 4.78 is 0. The van der Waals surface area contributed by atoms with Crippen molar-refractivity contribution < 1.29 is 4.79 Å². The predicted octanol–water partition coefficient (Wildman–Crippen LogP) is 1.73. The Balaban J connectivity index is 1.44. The number of nitrogens with zero attached hydrogens (tertiary/aromatic N) is 2. The monoisotopic (exact) mass is 253 g/mol. The minimum Gasteiger partial charge on any atom is -0.347 e. The van der Waals surface area contributed by atoms with Crippen molar-refractivity contribution in [2.75, 3.05) is 0 Å². The second-order valence-corrected chi connectivity index (χ2v) is 6.03. The number of carbonyl (C=O) groups excluding carboxylic acids is 1. The van der Waals surface area contributed by atoms with E-state index in [-0.39, 0.29) is 5.91 Å². The Bertz CT molecular complexity index is 558. The normalized spacial score (nSPS) is 37.5. The second kappa shape index (κ2) is 3.80. The van der Waals surface area contributed by atoms with E-state index in [0.717, 1.165) is 23.7 Å². The zero-order valence-corrected chi connectivity index (χ0v) is 10.5. The van der Waals surface area contributed by atoms with Crippen LogP contribution in [-0.4, -0.2) is 16.9 Å². The molecule has 3 aliphatic carbocycles. The summed E-state index contributed by atoms with van der Waals surface area (Å²) in [6, 6.07) is 5.65. The van der Waals surface area contributed by atoms with Gasteiger partial charge in [0.05, 0.1) is 5.56 Å². The van der Waals surface area contributed by atoms with E-state index in [1.165, 1.54) is 25.5 Å².